The van der Waals surface area contributed by atoms with Gasteiger partial charge in [0, 0.05) is 0 Å². The maximum absolute atomic E-state index is 4.91. The van der Waals surface area contributed by atoms with Crippen LogP contribution in [0.25, 0.3) is 0 Å². The Kier molecular flexibility index (Phi) is 10.3. The van der Waals surface area contributed by atoms with Gasteiger partial charge in [-0.3, -0.25) is 0 Å². The molecular formula is H4O2Pb3. The molecule has 0 bridgehead atoms. The van der Waals surface area contributed by atoms with E-state index < -0.39 is 25.1 Å². The summed E-state index contributed by atoms with van der Waals surface area (Å²) in [7, 11) is 0. The Morgan fingerprint density at radius 3 is 1.60 bits per heavy atom. The van der Waals surface area contributed by atoms with Gasteiger partial charge >= 0.3 is 78.9 Å². The first-order valence-corrected chi connectivity index (χ1v) is 8.65. The monoisotopic (exact) mass is 660 g/mol. The van der Waals surface area contributed by atoms with E-state index >= 15 is 0 Å². The summed E-state index contributed by atoms with van der Waals surface area (Å²) in [4.78, 5) is 0. The van der Waals surface area contributed by atoms with E-state index in [4.69, 9.17) is 1.27 Å². The summed E-state index contributed by atoms with van der Waals surface area (Å²) in [6, 6.07) is 0. The van der Waals surface area contributed by atoms with Crippen LogP contribution in [0.2, 0.25) is 0 Å². The molecular weight excluding hydrogens is 654 g/mol. The van der Waals surface area contributed by atoms with Gasteiger partial charge < -0.3 is 0 Å². The minimum atomic E-state index is -0.778. The number of rotatable bonds is 2. The van der Waals surface area contributed by atoms with E-state index in [9.17, 15) is 0 Å². The molecule has 0 aromatic heterocycles. The van der Waals surface area contributed by atoms with Crippen LogP contribution in [-0.4, -0.2) is 77.6 Å². The molecule has 28 valence electrons. The Morgan fingerprint density at radius 1 is 1.20 bits per heavy atom. The SMILES string of the molecule is [PbH2][O][Pb][O][PbH2]. The van der Waals surface area contributed by atoms with E-state index in [0.29, 0.717) is 52.4 Å². The van der Waals surface area contributed by atoms with Crippen molar-refractivity contribution in [3.8, 4) is 0 Å². The van der Waals surface area contributed by atoms with Crippen molar-refractivity contribution in [3.05, 3.63) is 0 Å². The molecule has 0 saturated carbocycles. The predicted molar refractivity (Wildman–Crippen MR) is 25.0 cm³/mol. The van der Waals surface area contributed by atoms with Crippen molar-refractivity contribution in [1.29, 1.82) is 0 Å². The van der Waals surface area contributed by atoms with Crippen LogP contribution in [0.1, 0.15) is 0 Å². The second-order valence-electron chi connectivity index (χ2n) is 0.372. The van der Waals surface area contributed by atoms with E-state index in [2.05, 4.69) is 0 Å². The number of hydrogen-bond acceptors (Lipinski definition) is 2. The number of hydrogen-bond donors (Lipinski definition) is 0. The molecule has 0 saturated heterocycles. The van der Waals surface area contributed by atoms with Crippen molar-refractivity contribution < 1.29 is 1.27 Å². The molecule has 0 unspecified atom stereocenters. The maximum atomic E-state index is 4.91. The van der Waals surface area contributed by atoms with Gasteiger partial charge in [0.05, 0.1) is 0 Å². The van der Waals surface area contributed by atoms with Crippen molar-refractivity contribution in [2.75, 3.05) is 0 Å². The standard InChI is InChI=1S/2O.3Pb.4H. The van der Waals surface area contributed by atoms with Crippen LogP contribution in [-0.2, 0) is 1.27 Å². The van der Waals surface area contributed by atoms with Crippen molar-refractivity contribution in [2.45, 2.75) is 0 Å². The van der Waals surface area contributed by atoms with Gasteiger partial charge in [-0.1, -0.05) is 0 Å². The van der Waals surface area contributed by atoms with Crippen LogP contribution >= 0.6 is 0 Å². The molecule has 0 rings (SSSR count). The fourth-order valence-corrected chi connectivity index (χ4v) is 28.2. The molecule has 2 nitrogen and oxygen atoms in total. The third kappa shape index (κ3) is 6.69. The first-order valence-electron chi connectivity index (χ1n) is 0.986. The van der Waals surface area contributed by atoms with E-state index in [-0.39, 0.29) is 0 Å². The van der Waals surface area contributed by atoms with E-state index in [1.807, 2.05) is 0 Å². The molecule has 0 aromatic rings. The molecule has 5 heteroatoms. The fraction of sp³-hybridized carbons (Fsp3) is 0. The Balaban J connectivity index is 2.19. The van der Waals surface area contributed by atoms with Crippen molar-refractivity contribution in [2.24, 2.45) is 0 Å². The first kappa shape index (κ1) is 7.69. The molecule has 4 radical (unpaired) electrons. The predicted octanol–water partition coefficient (Wildman–Crippen LogP) is -2.35. The van der Waals surface area contributed by atoms with Crippen molar-refractivity contribution >= 4 is 77.6 Å². The summed E-state index contributed by atoms with van der Waals surface area (Å²) in [5.74, 6) is 0. The van der Waals surface area contributed by atoms with Gasteiger partial charge in [-0.05, 0) is 0 Å². The van der Waals surface area contributed by atoms with Crippen LogP contribution < -0.4 is 0 Å². The molecule has 0 aliphatic rings. The zero-order valence-electron chi connectivity index (χ0n) is 2.73. The second-order valence-corrected chi connectivity index (χ2v) is 23.0. The topological polar surface area (TPSA) is 18.5 Å². The minimum absolute atomic E-state index is 0.566. The summed E-state index contributed by atoms with van der Waals surface area (Å²) in [6.45, 7) is 0. The summed E-state index contributed by atoms with van der Waals surface area (Å²) in [6.07, 6.45) is 0. The average molecular weight is 658 g/mol. The van der Waals surface area contributed by atoms with Gasteiger partial charge in [0.1, 0.15) is 0 Å². The molecule has 0 atom stereocenters. The Bertz CT molecular complexity index is 12.4. The van der Waals surface area contributed by atoms with Crippen LogP contribution in [0.4, 0.5) is 0 Å². The van der Waals surface area contributed by atoms with Gasteiger partial charge in [0.2, 0.25) is 0 Å². The summed E-state index contributed by atoms with van der Waals surface area (Å²) in [5.41, 5.74) is 0. The zero-order valence-corrected chi connectivity index (χ0v) is 17.6. The summed E-state index contributed by atoms with van der Waals surface area (Å²) in [5, 5.41) is 0. The quantitative estimate of drug-likeness (QED) is 0.310. The van der Waals surface area contributed by atoms with Gasteiger partial charge in [-0.25, -0.2) is 0 Å². The molecule has 0 spiro atoms. The molecule has 0 aliphatic carbocycles. The molecule has 0 aromatic carbocycles. The fourth-order valence-electron chi connectivity index (χ4n) is 0.0417. The Labute approximate surface area is 77.2 Å². The van der Waals surface area contributed by atoms with Crippen molar-refractivity contribution in [1.82, 2.24) is 0 Å². The van der Waals surface area contributed by atoms with E-state index in [1.54, 1.807) is 0 Å². The molecule has 0 fully saturated rings. The third-order valence-corrected chi connectivity index (χ3v) is 9.07. The molecule has 0 amide bonds. The summed E-state index contributed by atoms with van der Waals surface area (Å²) >= 11 is 0.354. The Hall–Kier alpha value is 2.69. The Morgan fingerprint density at radius 2 is 1.60 bits per heavy atom. The van der Waals surface area contributed by atoms with Crippen LogP contribution in [0.3, 0.4) is 0 Å². The van der Waals surface area contributed by atoms with Gasteiger partial charge in [-0.15, -0.1) is 0 Å². The van der Waals surface area contributed by atoms with Crippen LogP contribution in [0.5, 0.6) is 0 Å². The normalized spacial score (nSPS) is 8.40. The molecule has 0 heterocycles. The second kappa shape index (κ2) is 6.69. The third-order valence-electron chi connectivity index (χ3n) is 0.118. The summed E-state index contributed by atoms with van der Waals surface area (Å²) < 4.78 is 9.81. The zero-order chi connectivity index (χ0) is 4.12. The first-order chi connectivity index (χ1) is 2.41. The van der Waals surface area contributed by atoms with Crippen LogP contribution in [0, 0.1) is 0 Å². The molecule has 0 N–H and O–H groups in total. The van der Waals surface area contributed by atoms with Crippen molar-refractivity contribution in [3.63, 3.8) is 0 Å². The molecule has 5 heavy (non-hydrogen) atoms. The average Bonchev–Trinajstić information content (AvgIpc) is 1.41. The van der Waals surface area contributed by atoms with Gasteiger partial charge in [0.25, 0.3) is 0 Å². The van der Waals surface area contributed by atoms with Crippen LogP contribution in [0.15, 0.2) is 0 Å². The molecule has 0 aliphatic heterocycles. The van der Waals surface area contributed by atoms with Gasteiger partial charge in [-0.2, -0.15) is 0 Å². The van der Waals surface area contributed by atoms with E-state index in [1.165, 1.54) is 0 Å². The van der Waals surface area contributed by atoms with Gasteiger partial charge in [0.15, 0.2) is 0 Å². The van der Waals surface area contributed by atoms with E-state index in [0.717, 1.165) is 0 Å².